The van der Waals surface area contributed by atoms with Gasteiger partial charge in [-0.1, -0.05) is 6.92 Å². The number of thiazole rings is 1. The summed E-state index contributed by atoms with van der Waals surface area (Å²) in [5.41, 5.74) is -2.91. The molecular weight excluding hydrogens is 361 g/mol. The summed E-state index contributed by atoms with van der Waals surface area (Å²) in [6.07, 6.45) is -5.25. The van der Waals surface area contributed by atoms with Crippen LogP contribution in [0.5, 0.6) is 0 Å². The Bertz CT molecular complexity index is 712. The molecular formula is C15H17F3N2O2S2. The van der Waals surface area contributed by atoms with Crippen LogP contribution >= 0.6 is 22.7 Å². The van der Waals surface area contributed by atoms with Crippen molar-refractivity contribution >= 4 is 28.6 Å². The second-order valence-corrected chi connectivity index (χ2v) is 7.44. The van der Waals surface area contributed by atoms with Crippen molar-refractivity contribution in [1.82, 2.24) is 10.3 Å². The third-order valence-corrected chi connectivity index (χ3v) is 5.72. The lowest BCUT2D eigenvalue weighted by atomic mass is 9.99. The SMILES string of the molecule is CCc1ccc(CNC(=O)CC(O)(c2nc(C)cs2)C(F)(F)F)s1. The van der Waals surface area contributed by atoms with Gasteiger partial charge in [-0.3, -0.25) is 4.79 Å². The Kier molecular flexibility index (Phi) is 5.67. The van der Waals surface area contributed by atoms with Crippen LogP contribution in [0.2, 0.25) is 0 Å². The van der Waals surface area contributed by atoms with Crippen molar-refractivity contribution in [3.05, 3.63) is 38.0 Å². The van der Waals surface area contributed by atoms with Gasteiger partial charge >= 0.3 is 6.18 Å². The van der Waals surface area contributed by atoms with Crippen molar-refractivity contribution in [2.75, 3.05) is 0 Å². The Labute approximate surface area is 145 Å². The van der Waals surface area contributed by atoms with E-state index in [1.807, 2.05) is 19.1 Å². The van der Waals surface area contributed by atoms with Gasteiger partial charge in [-0.05, 0) is 25.5 Å². The van der Waals surface area contributed by atoms with Crippen LogP contribution in [0.3, 0.4) is 0 Å². The van der Waals surface area contributed by atoms with Gasteiger partial charge in [0, 0.05) is 20.8 Å². The van der Waals surface area contributed by atoms with E-state index >= 15 is 0 Å². The minimum absolute atomic E-state index is 0.133. The highest BCUT2D eigenvalue weighted by atomic mass is 32.1. The van der Waals surface area contributed by atoms with Crippen molar-refractivity contribution < 1.29 is 23.1 Å². The second kappa shape index (κ2) is 7.20. The summed E-state index contributed by atoms with van der Waals surface area (Å²) in [6.45, 7) is 3.65. The van der Waals surface area contributed by atoms with Gasteiger partial charge in [0.25, 0.3) is 0 Å². The molecule has 0 spiro atoms. The highest BCUT2D eigenvalue weighted by Crippen LogP contribution is 2.42. The summed E-state index contributed by atoms with van der Waals surface area (Å²) in [7, 11) is 0. The number of aromatic nitrogens is 1. The van der Waals surface area contributed by atoms with Gasteiger partial charge < -0.3 is 10.4 Å². The molecule has 0 saturated carbocycles. The van der Waals surface area contributed by atoms with E-state index in [-0.39, 0.29) is 6.54 Å². The number of carbonyl (C=O) groups is 1. The molecule has 0 aliphatic carbocycles. The number of thiophene rings is 1. The van der Waals surface area contributed by atoms with Gasteiger partial charge in [0.2, 0.25) is 11.5 Å². The average Bonchev–Trinajstić information content (AvgIpc) is 3.12. The lowest BCUT2D eigenvalue weighted by Crippen LogP contribution is -2.46. The highest BCUT2D eigenvalue weighted by Gasteiger charge is 2.58. The normalized spacial score (nSPS) is 14.4. The first-order valence-corrected chi connectivity index (χ1v) is 8.91. The van der Waals surface area contributed by atoms with Gasteiger partial charge in [0.1, 0.15) is 5.01 Å². The molecule has 2 N–H and O–H groups in total. The topological polar surface area (TPSA) is 62.2 Å². The van der Waals surface area contributed by atoms with E-state index in [1.54, 1.807) is 0 Å². The molecule has 0 fully saturated rings. The second-order valence-electron chi connectivity index (χ2n) is 5.33. The maximum atomic E-state index is 13.3. The Morgan fingerprint density at radius 2 is 2.00 bits per heavy atom. The van der Waals surface area contributed by atoms with E-state index in [0.717, 1.165) is 16.2 Å². The predicted octanol–water partition coefficient (Wildman–Crippen LogP) is 3.53. The van der Waals surface area contributed by atoms with Gasteiger partial charge in [0.15, 0.2) is 0 Å². The van der Waals surface area contributed by atoms with E-state index in [1.165, 1.54) is 23.6 Å². The minimum Gasteiger partial charge on any atom is -0.374 e. The largest absolute Gasteiger partial charge is 0.424 e. The van der Waals surface area contributed by atoms with E-state index in [2.05, 4.69) is 10.3 Å². The molecule has 0 aliphatic heterocycles. The first-order valence-electron chi connectivity index (χ1n) is 7.21. The number of amides is 1. The summed E-state index contributed by atoms with van der Waals surface area (Å²) in [6, 6.07) is 3.74. The number of halogens is 3. The maximum Gasteiger partial charge on any atom is 0.424 e. The summed E-state index contributed by atoms with van der Waals surface area (Å²) in [4.78, 5) is 17.6. The zero-order valence-corrected chi connectivity index (χ0v) is 14.7. The lowest BCUT2D eigenvalue weighted by molar-refractivity contribution is -0.267. The first kappa shape index (κ1) is 18.9. The molecule has 2 heterocycles. The van der Waals surface area contributed by atoms with Crippen molar-refractivity contribution in [2.45, 2.75) is 45.0 Å². The fourth-order valence-electron chi connectivity index (χ4n) is 2.03. The summed E-state index contributed by atoms with van der Waals surface area (Å²) in [5.74, 6) is -0.880. The molecule has 2 aromatic rings. The molecule has 1 amide bonds. The summed E-state index contributed by atoms with van der Waals surface area (Å²) in [5, 5.41) is 13.4. The molecule has 1 atom stereocenters. The average molecular weight is 378 g/mol. The van der Waals surface area contributed by atoms with E-state index < -0.39 is 29.1 Å². The van der Waals surface area contributed by atoms with Crippen molar-refractivity contribution in [3.63, 3.8) is 0 Å². The molecule has 4 nitrogen and oxygen atoms in total. The molecule has 0 aliphatic rings. The standard InChI is InChI=1S/C15H17F3N2O2S2/c1-3-10-4-5-11(24-10)7-19-12(21)6-14(22,15(16,17)18)13-20-9(2)8-23-13/h4-5,8,22H,3,6-7H2,1-2H3,(H,19,21). The number of nitrogens with one attached hydrogen (secondary N) is 1. The Morgan fingerprint density at radius 1 is 1.33 bits per heavy atom. The number of alkyl halides is 3. The van der Waals surface area contributed by atoms with Crippen LogP contribution < -0.4 is 5.32 Å². The molecule has 0 saturated heterocycles. The zero-order valence-electron chi connectivity index (χ0n) is 13.1. The number of carbonyl (C=O) groups excluding carboxylic acids is 1. The number of hydrogen-bond acceptors (Lipinski definition) is 5. The molecule has 0 radical (unpaired) electrons. The summed E-state index contributed by atoms with van der Waals surface area (Å²) >= 11 is 2.18. The van der Waals surface area contributed by atoms with Crippen LogP contribution in [-0.4, -0.2) is 22.2 Å². The molecule has 24 heavy (non-hydrogen) atoms. The van der Waals surface area contributed by atoms with Crippen LogP contribution in [0.25, 0.3) is 0 Å². The van der Waals surface area contributed by atoms with Crippen LogP contribution in [0.1, 0.15) is 33.8 Å². The van der Waals surface area contributed by atoms with E-state index in [9.17, 15) is 23.1 Å². The quantitative estimate of drug-likeness (QED) is 0.808. The van der Waals surface area contributed by atoms with E-state index in [0.29, 0.717) is 17.0 Å². The zero-order chi connectivity index (χ0) is 18.0. The molecule has 132 valence electrons. The van der Waals surface area contributed by atoms with Gasteiger partial charge in [-0.25, -0.2) is 4.98 Å². The van der Waals surface area contributed by atoms with Crippen LogP contribution in [0.15, 0.2) is 17.5 Å². The first-order chi connectivity index (χ1) is 11.2. The minimum atomic E-state index is -4.99. The van der Waals surface area contributed by atoms with Gasteiger partial charge in [0.05, 0.1) is 13.0 Å². The fourth-order valence-corrected chi connectivity index (χ4v) is 3.84. The molecule has 9 heteroatoms. The molecule has 0 aromatic carbocycles. The Balaban J connectivity index is 2.07. The Morgan fingerprint density at radius 3 is 2.50 bits per heavy atom. The predicted molar refractivity (Wildman–Crippen MR) is 87.0 cm³/mol. The number of aliphatic hydroxyl groups is 1. The number of nitrogens with zero attached hydrogens (tertiary/aromatic N) is 1. The third kappa shape index (κ3) is 4.14. The third-order valence-electron chi connectivity index (χ3n) is 3.38. The fraction of sp³-hybridized carbons (Fsp3) is 0.467. The summed E-state index contributed by atoms with van der Waals surface area (Å²) < 4.78 is 39.9. The smallest absolute Gasteiger partial charge is 0.374 e. The number of rotatable bonds is 6. The van der Waals surface area contributed by atoms with Crippen molar-refractivity contribution in [3.8, 4) is 0 Å². The lowest BCUT2D eigenvalue weighted by Gasteiger charge is -2.27. The van der Waals surface area contributed by atoms with E-state index in [4.69, 9.17) is 0 Å². The van der Waals surface area contributed by atoms with Crippen LogP contribution in [0, 0.1) is 6.92 Å². The van der Waals surface area contributed by atoms with Crippen LogP contribution in [0.4, 0.5) is 13.2 Å². The highest BCUT2D eigenvalue weighted by molar-refractivity contribution is 7.12. The Hall–Kier alpha value is -1.45. The number of hydrogen-bond donors (Lipinski definition) is 2. The van der Waals surface area contributed by atoms with Gasteiger partial charge in [-0.2, -0.15) is 13.2 Å². The molecule has 0 bridgehead atoms. The number of aryl methyl sites for hydroxylation is 2. The molecule has 2 aromatic heterocycles. The van der Waals surface area contributed by atoms with Crippen molar-refractivity contribution in [1.29, 1.82) is 0 Å². The van der Waals surface area contributed by atoms with Crippen molar-refractivity contribution in [2.24, 2.45) is 0 Å². The molecule has 1 unspecified atom stereocenters. The maximum absolute atomic E-state index is 13.3. The van der Waals surface area contributed by atoms with Crippen LogP contribution in [-0.2, 0) is 23.4 Å². The van der Waals surface area contributed by atoms with Gasteiger partial charge in [-0.15, -0.1) is 22.7 Å². The molecule has 2 rings (SSSR count). The monoisotopic (exact) mass is 378 g/mol.